The predicted molar refractivity (Wildman–Crippen MR) is 77.9 cm³/mol. The van der Waals surface area contributed by atoms with Gasteiger partial charge in [0, 0.05) is 18.3 Å². The second-order valence-corrected chi connectivity index (χ2v) is 5.35. The zero-order chi connectivity index (χ0) is 13.0. The first kappa shape index (κ1) is 13.4. The Kier molecular flexibility index (Phi) is 4.26. The van der Waals surface area contributed by atoms with Crippen molar-refractivity contribution in [1.29, 1.82) is 0 Å². The van der Waals surface area contributed by atoms with Gasteiger partial charge in [-0.05, 0) is 43.7 Å². The summed E-state index contributed by atoms with van der Waals surface area (Å²) in [6, 6.07) is 6.26. The summed E-state index contributed by atoms with van der Waals surface area (Å²) in [4.78, 5) is 7.08. The molecule has 0 bridgehead atoms. The van der Waals surface area contributed by atoms with Gasteiger partial charge in [-0.1, -0.05) is 33.3 Å². The molecule has 0 amide bonds. The van der Waals surface area contributed by atoms with Crippen molar-refractivity contribution in [2.75, 3.05) is 11.4 Å². The van der Waals surface area contributed by atoms with Gasteiger partial charge in [-0.3, -0.25) is 0 Å². The number of hydrogen-bond acceptors (Lipinski definition) is 2. The van der Waals surface area contributed by atoms with Crippen molar-refractivity contribution in [3.63, 3.8) is 0 Å². The van der Waals surface area contributed by atoms with Gasteiger partial charge in [-0.25, -0.2) is 4.98 Å². The fourth-order valence-corrected chi connectivity index (χ4v) is 3.54. The average molecular weight is 246 g/mol. The Hall–Kier alpha value is -1.05. The minimum Gasteiger partial charge on any atom is -0.351 e. The Bertz CT molecular complexity index is 355. The molecule has 2 aliphatic rings. The van der Waals surface area contributed by atoms with Crippen LogP contribution in [-0.2, 0) is 0 Å². The van der Waals surface area contributed by atoms with Gasteiger partial charge in [0.2, 0.25) is 0 Å². The standard InChI is InChI=1S/C14H20N2.C2H6/c1-2-12-10-14(11-12)7-5-9-16(14)13-6-3-4-8-15-13;1-2/h3-4,6,8,12H,2,5,7,9-11H2,1H3;1-2H3. The number of anilines is 1. The van der Waals surface area contributed by atoms with Crippen molar-refractivity contribution in [2.24, 2.45) is 5.92 Å². The number of nitrogens with zero attached hydrogens (tertiary/aromatic N) is 2. The summed E-state index contributed by atoms with van der Waals surface area (Å²) in [5, 5.41) is 0. The highest BCUT2D eigenvalue weighted by Crippen LogP contribution is 2.51. The highest BCUT2D eigenvalue weighted by Gasteiger charge is 2.50. The molecular formula is C16H26N2. The van der Waals surface area contributed by atoms with Crippen LogP contribution in [-0.4, -0.2) is 17.1 Å². The van der Waals surface area contributed by atoms with E-state index in [0.717, 1.165) is 5.92 Å². The van der Waals surface area contributed by atoms with Crippen LogP contribution in [0.25, 0.3) is 0 Å². The maximum Gasteiger partial charge on any atom is 0.128 e. The third-order valence-corrected chi connectivity index (χ3v) is 4.44. The third-order valence-electron chi connectivity index (χ3n) is 4.44. The van der Waals surface area contributed by atoms with E-state index in [9.17, 15) is 0 Å². The van der Waals surface area contributed by atoms with Crippen LogP contribution in [0.15, 0.2) is 24.4 Å². The molecule has 2 fully saturated rings. The van der Waals surface area contributed by atoms with Crippen molar-refractivity contribution in [1.82, 2.24) is 4.98 Å². The molecule has 0 unspecified atom stereocenters. The van der Waals surface area contributed by atoms with Crippen LogP contribution in [0.4, 0.5) is 5.82 Å². The molecule has 3 rings (SSSR count). The van der Waals surface area contributed by atoms with E-state index in [1.807, 2.05) is 26.1 Å². The van der Waals surface area contributed by atoms with E-state index in [-0.39, 0.29) is 0 Å². The molecule has 1 aromatic heterocycles. The van der Waals surface area contributed by atoms with Gasteiger partial charge in [0.1, 0.15) is 5.82 Å². The fourth-order valence-electron chi connectivity index (χ4n) is 3.54. The van der Waals surface area contributed by atoms with Gasteiger partial charge >= 0.3 is 0 Å². The quantitative estimate of drug-likeness (QED) is 0.775. The monoisotopic (exact) mass is 246 g/mol. The lowest BCUT2D eigenvalue weighted by molar-refractivity contribution is 0.145. The molecular weight excluding hydrogens is 220 g/mol. The molecule has 18 heavy (non-hydrogen) atoms. The second-order valence-electron chi connectivity index (χ2n) is 5.35. The Balaban J connectivity index is 0.000000574. The molecule has 0 aromatic carbocycles. The lowest BCUT2D eigenvalue weighted by Crippen LogP contribution is -2.54. The number of rotatable bonds is 2. The van der Waals surface area contributed by atoms with Gasteiger partial charge in [-0.15, -0.1) is 0 Å². The van der Waals surface area contributed by atoms with Crippen molar-refractivity contribution in [3.05, 3.63) is 24.4 Å². The van der Waals surface area contributed by atoms with E-state index >= 15 is 0 Å². The molecule has 1 aliphatic carbocycles. The molecule has 1 saturated heterocycles. The van der Waals surface area contributed by atoms with Gasteiger partial charge in [0.15, 0.2) is 0 Å². The van der Waals surface area contributed by atoms with Gasteiger partial charge < -0.3 is 4.90 Å². The Labute approximate surface area is 111 Å². The van der Waals surface area contributed by atoms with Crippen molar-refractivity contribution in [3.8, 4) is 0 Å². The normalized spacial score (nSPS) is 29.7. The summed E-state index contributed by atoms with van der Waals surface area (Å²) in [6.45, 7) is 7.52. The zero-order valence-electron chi connectivity index (χ0n) is 12.0. The molecule has 1 saturated carbocycles. The maximum atomic E-state index is 4.51. The predicted octanol–water partition coefficient (Wildman–Crippen LogP) is 4.27. The Morgan fingerprint density at radius 2 is 2.11 bits per heavy atom. The molecule has 1 spiro atoms. The second kappa shape index (κ2) is 5.73. The lowest BCUT2D eigenvalue weighted by atomic mass is 9.66. The molecule has 0 radical (unpaired) electrons. The minimum atomic E-state index is 0.481. The van der Waals surface area contributed by atoms with E-state index in [0.29, 0.717) is 5.54 Å². The van der Waals surface area contributed by atoms with Gasteiger partial charge in [-0.2, -0.15) is 0 Å². The molecule has 2 nitrogen and oxygen atoms in total. The van der Waals surface area contributed by atoms with Crippen LogP contribution in [0.3, 0.4) is 0 Å². The van der Waals surface area contributed by atoms with Gasteiger partial charge in [0.05, 0.1) is 0 Å². The van der Waals surface area contributed by atoms with E-state index in [2.05, 4.69) is 28.9 Å². The van der Waals surface area contributed by atoms with Crippen molar-refractivity contribution < 1.29 is 0 Å². The minimum absolute atomic E-state index is 0.481. The first-order chi connectivity index (χ1) is 8.84. The first-order valence-electron chi connectivity index (χ1n) is 7.53. The van der Waals surface area contributed by atoms with Crippen LogP contribution >= 0.6 is 0 Å². The van der Waals surface area contributed by atoms with Crippen LogP contribution in [0.2, 0.25) is 0 Å². The lowest BCUT2D eigenvalue weighted by Gasteiger charge is -2.51. The highest BCUT2D eigenvalue weighted by atomic mass is 15.3. The molecule has 0 N–H and O–H groups in total. The van der Waals surface area contributed by atoms with E-state index < -0.39 is 0 Å². The summed E-state index contributed by atoms with van der Waals surface area (Å²) >= 11 is 0. The molecule has 2 heterocycles. The molecule has 1 aromatic rings. The molecule has 2 heteroatoms. The maximum absolute atomic E-state index is 4.51. The summed E-state index contributed by atoms with van der Waals surface area (Å²) in [5.41, 5.74) is 0.481. The number of pyridine rings is 1. The SMILES string of the molecule is CC.CCC1CC2(CCCN2c2ccccn2)C1. The van der Waals surface area contributed by atoms with Crippen LogP contribution in [0, 0.1) is 5.92 Å². The largest absolute Gasteiger partial charge is 0.351 e. The smallest absolute Gasteiger partial charge is 0.128 e. The highest BCUT2D eigenvalue weighted by molar-refractivity contribution is 5.44. The summed E-state index contributed by atoms with van der Waals surface area (Å²) in [6.07, 6.45) is 8.75. The Morgan fingerprint density at radius 1 is 1.33 bits per heavy atom. The van der Waals surface area contributed by atoms with Crippen molar-refractivity contribution in [2.45, 2.75) is 58.4 Å². The van der Waals surface area contributed by atoms with Crippen LogP contribution < -0.4 is 4.90 Å². The van der Waals surface area contributed by atoms with E-state index in [4.69, 9.17) is 0 Å². The van der Waals surface area contributed by atoms with Gasteiger partial charge in [0.25, 0.3) is 0 Å². The Morgan fingerprint density at radius 3 is 2.72 bits per heavy atom. The topological polar surface area (TPSA) is 16.1 Å². The molecule has 1 aliphatic heterocycles. The van der Waals surface area contributed by atoms with Crippen LogP contribution in [0.1, 0.15) is 52.9 Å². The number of aromatic nitrogens is 1. The third kappa shape index (κ3) is 2.25. The fraction of sp³-hybridized carbons (Fsp3) is 0.688. The average Bonchev–Trinajstić information content (AvgIpc) is 2.85. The summed E-state index contributed by atoms with van der Waals surface area (Å²) in [7, 11) is 0. The summed E-state index contributed by atoms with van der Waals surface area (Å²) < 4.78 is 0. The first-order valence-corrected chi connectivity index (χ1v) is 7.53. The zero-order valence-corrected chi connectivity index (χ0v) is 12.0. The number of hydrogen-bond donors (Lipinski definition) is 0. The van der Waals surface area contributed by atoms with Crippen LogP contribution in [0.5, 0.6) is 0 Å². The molecule has 0 atom stereocenters. The van der Waals surface area contributed by atoms with E-state index in [1.54, 1.807) is 0 Å². The van der Waals surface area contributed by atoms with E-state index in [1.165, 1.54) is 44.5 Å². The summed E-state index contributed by atoms with van der Waals surface area (Å²) in [5.74, 6) is 2.15. The van der Waals surface area contributed by atoms with Crippen molar-refractivity contribution >= 4 is 5.82 Å². The molecule has 100 valence electrons.